The molecule has 1 aliphatic heterocycles. The first-order valence-electron chi connectivity index (χ1n) is 5.35. The number of ether oxygens (including phenoxy) is 2. The number of hydrogen-bond acceptors (Lipinski definition) is 3. The standard InChI is InChI=1S/C12H17NO2/c1-9-10(3-2-6-13)4-5-12-11(9)7-14-8-15-12/h4-5H,2-3,6-8,13H2,1H3. The highest BCUT2D eigenvalue weighted by atomic mass is 16.7. The Bertz CT molecular complexity index is 350. The number of hydrogen-bond donors (Lipinski definition) is 1. The van der Waals surface area contributed by atoms with Crippen LogP contribution in [0.4, 0.5) is 0 Å². The third-order valence-electron chi connectivity index (χ3n) is 2.86. The Morgan fingerprint density at radius 3 is 3.07 bits per heavy atom. The second-order valence-corrected chi connectivity index (χ2v) is 3.83. The molecule has 1 aromatic rings. The molecule has 15 heavy (non-hydrogen) atoms. The van der Waals surface area contributed by atoms with Crippen LogP contribution in [0.1, 0.15) is 23.1 Å². The highest BCUT2D eigenvalue weighted by molar-refractivity contribution is 5.44. The van der Waals surface area contributed by atoms with Gasteiger partial charge in [0.25, 0.3) is 0 Å². The molecule has 0 atom stereocenters. The van der Waals surface area contributed by atoms with E-state index in [9.17, 15) is 0 Å². The first kappa shape index (κ1) is 10.5. The topological polar surface area (TPSA) is 44.5 Å². The van der Waals surface area contributed by atoms with Crippen LogP contribution in [0, 0.1) is 6.92 Å². The number of nitrogens with two attached hydrogens (primary N) is 1. The lowest BCUT2D eigenvalue weighted by atomic mass is 9.98. The van der Waals surface area contributed by atoms with E-state index < -0.39 is 0 Å². The van der Waals surface area contributed by atoms with Crippen LogP contribution in [-0.2, 0) is 17.8 Å². The zero-order chi connectivity index (χ0) is 10.7. The van der Waals surface area contributed by atoms with E-state index in [1.54, 1.807) is 0 Å². The maximum atomic E-state index is 5.51. The zero-order valence-electron chi connectivity index (χ0n) is 9.08. The summed E-state index contributed by atoms with van der Waals surface area (Å²) in [5, 5.41) is 0. The van der Waals surface area contributed by atoms with Crippen molar-refractivity contribution in [1.29, 1.82) is 0 Å². The average molecular weight is 207 g/mol. The molecule has 0 amide bonds. The molecule has 3 heteroatoms. The maximum Gasteiger partial charge on any atom is 0.189 e. The lowest BCUT2D eigenvalue weighted by Gasteiger charge is -2.21. The van der Waals surface area contributed by atoms with Gasteiger partial charge in [-0.2, -0.15) is 0 Å². The summed E-state index contributed by atoms with van der Waals surface area (Å²) in [4.78, 5) is 0. The Labute approximate surface area is 90.2 Å². The molecule has 0 saturated carbocycles. The van der Waals surface area contributed by atoms with Gasteiger partial charge in [-0.05, 0) is 43.5 Å². The van der Waals surface area contributed by atoms with Gasteiger partial charge in [-0.15, -0.1) is 0 Å². The van der Waals surface area contributed by atoms with Gasteiger partial charge in [-0.25, -0.2) is 0 Å². The fourth-order valence-corrected chi connectivity index (χ4v) is 1.91. The Hall–Kier alpha value is -1.06. The van der Waals surface area contributed by atoms with Crippen molar-refractivity contribution in [3.8, 4) is 5.75 Å². The maximum absolute atomic E-state index is 5.51. The van der Waals surface area contributed by atoms with Gasteiger partial charge in [0, 0.05) is 5.56 Å². The van der Waals surface area contributed by atoms with E-state index in [4.69, 9.17) is 15.2 Å². The average Bonchev–Trinajstić information content (AvgIpc) is 2.29. The van der Waals surface area contributed by atoms with Crippen LogP contribution in [0.3, 0.4) is 0 Å². The number of aryl methyl sites for hydroxylation is 1. The molecular weight excluding hydrogens is 190 g/mol. The molecule has 2 N–H and O–H groups in total. The lowest BCUT2D eigenvalue weighted by molar-refractivity contribution is -0.0167. The second kappa shape index (κ2) is 4.64. The molecule has 1 heterocycles. The fraction of sp³-hybridized carbons (Fsp3) is 0.500. The van der Waals surface area contributed by atoms with Gasteiger partial charge in [0.15, 0.2) is 6.79 Å². The molecule has 3 nitrogen and oxygen atoms in total. The van der Waals surface area contributed by atoms with Crippen molar-refractivity contribution in [1.82, 2.24) is 0 Å². The van der Waals surface area contributed by atoms with Crippen LogP contribution in [0.2, 0.25) is 0 Å². The Morgan fingerprint density at radius 2 is 2.27 bits per heavy atom. The summed E-state index contributed by atoms with van der Waals surface area (Å²) in [6.07, 6.45) is 2.07. The molecule has 0 aliphatic carbocycles. The Morgan fingerprint density at radius 1 is 1.40 bits per heavy atom. The molecule has 0 bridgehead atoms. The smallest absolute Gasteiger partial charge is 0.189 e. The molecular formula is C12H17NO2. The minimum absolute atomic E-state index is 0.370. The van der Waals surface area contributed by atoms with Crippen molar-refractivity contribution in [3.63, 3.8) is 0 Å². The van der Waals surface area contributed by atoms with E-state index in [0.29, 0.717) is 13.4 Å². The molecule has 0 spiro atoms. The van der Waals surface area contributed by atoms with Crippen LogP contribution in [0.25, 0.3) is 0 Å². The molecule has 1 aromatic carbocycles. The molecule has 0 saturated heterocycles. The van der Waals surface area contributed by atoms with E-state index in [1.807, 2.05) is 6.07 Å². The normalized spacial score (nSPS) is 14.5. The van der Waals surface area contributed by atoms with Gasteiger partial charge in [0.1, 0.15) is 5.75 Å². The summed E-state index contributed by atoms with van der Waals surface area (Å²) in [7, 11) is 0. The SMILES string of the molecule is Cc1c(CCCN)ccc2c1COCO2. The summed E-state index contributed by atoms with van der Waals surface area (Å²) < 4.78 is 10.7. The third-order valence-corrected chi connectivity index (χ3v) is 2.86. The largest absolute Gasteiger partial charge is 0.467 e. The Balaban J connectivity index is 2.26. The van der Waals surface area contributed by atoms with E-state index in [2.05, 4.69) is 13.0 Å². The molecule has 1 aliphatic rings. The zero-order valence-corrected chi connectivity index (χ0v) is 9.08. The number of fused-ring (bicyclic) bond motifs is 1. The van der Waals surface area contributed by atoms with Crippen molar-refractivity contribution < 1.29 is 9.47 Å². The van der Waals surface area contributed by atoms with Crippen molar-refractivity contribution >= 4 is 0 Å². The first-order valence-corrected chi connectivity index (χ1v) is 5.35. The highest BCUT2D eigenvalue weighted by Gasteiger charge is 2.14. The van der Waals surface area contributed by atoms with Crippen molar-refractivity contribution in [2.24, 2.45) is 5.73 Å². The van der Waals surface area contributed by atoms with E-state index >= 15 is 0 Å². The summed E-state index contributed by atoms with van der Waals surface area (Å²) in [5.41, 5.74) is 9.35. The van der Waals surface area contributed by atoms with Gasteiger partial charge in [-0.1, -0.05) is 6.07 Å². The van der Waals surface area contributed by atoms with Crippen LogP contribution in [0.5, 0.6) is 5.75 Å². The monoisotopic (exact) mass is 207 g/mol. The summed E-state index contributed by atoms with van der Waals surface area (Å²) >= 11 is 0. The predicted octanol–water partition coefficient (Wildman–Crippen LogP) is 1.75. The molecule has 82 valence electrons. The van der Waals surface area contributed by atoms with Crippen LogP contribution < -0.4 is 10.5 Å². The molecule has 0 aromatic heterocycles. The fourth-order valence-electron chi connectivity index (χ4n) is 1.91. The van der Waals surface area contributed by atoms with Crippen LogP contribution >= 0.6 is 0 Å². The molecule has 0 unspecified atom stereocenters. The summed E-state index contributed by atoms with van der Waals surface area (Å²) in [5.74, 6) is 0.968. The van der Waals surface area contributed by atoms with Crippen molar-refractivity contribution in [2.75, 3.05) is 13.3 Å². The van der Waals surface area contributed by atoms with Gasteiger partial charge >= 0.3 is 0 Å². The molecule has 0 fully saturated rings. The van der Waals surface area contributed by atoms with Gasteiger partial charge in [0.05, 0.1) is 6.61 Å². The van der Waals surface area contributed by atoms with Gasteiger partial charge in [-0.3, -0.25) is 0 Å². The van der Waals surface area contributed by atoms with Gasteiger partial charge < -0.3 is 15.2 Å². The quantitative estimate of drug-likeness (QED) is 0.821. The van der Waals surface area contributed by atoms with Crippen molar-refractivity contribution in [2.45, 2.75) is 26.4 Å². The van der Waals surface area contributed by atoms with Crippen LogP contribution in [0.15, 0.2) is 12.1 Å². The number of benzene rings is 1. The summed E-state index contributed by atoms with van der Waals surface area (Å²) in [6, 6.07) is 4.17. The van der Waals surface area contributed by atoms with Crippen molar-refractivity contribution in [3.05, 3.63) is 28.8 Å². The minimum Gasteiger partial charge on any atom is -0.467 e. The second-order valence-electron chi connectivity index (χ2n) is 3.83. The first-order chi connectivity index (χ1) is 7.33. The third kappa shape index (κ3) is 2.13. The lowest BCUT2D eigenvalue weighted by Crippen LogP contribution is -2.13. The molecule has 2 rings (SSSR count). The van der Waals surface area contributed by atoms with Gasteiger partial charge in [0.2, 0.25) is 0 Å². The minimum atomic E-state index is 0.370. The number of rotatable bonds is 3. The molecule has 0 radical (unpaired) electrons. The Kier molecular flexibility index (Phi) is 3.23. The van der Waals surface area contributed by atoms with E-state index in [-0.39, 0.29) is 0 Å². The van der Waals surface area contributed by atoms with E-state index in [1.165, 1.54) is 16.7 Å². The predicted molar refractivity (Wildman–Crippen MR) is 58.8 cm³/mol. The van der Waals surface area contributed by atoms with E-state index in [0.717, 1.165) is 25.1 Å². The summed E-state index contributed by atoms with van der Waals surface area (Å²) in [6.45, 7) is 3.90. The van der Waals surface area contributed by atoms with Crippen LogP contribution in [-0.4, -0.2) is 13.3 Å². The highest BCUT2D eigenvalue weighted by Crippen LogP contribution is 2.29.